The number of nitrogens with two attached hydrogens (primary N) is 1. The molecule has 1 aliphatic heterocycles. The number of rotatable bonds is 4. The van der Waals surface area contributed by atoms with E-state index in [0.717, 1.165) is 48.1 Å². The first-order valence-electron chi connectivity index (χ1n) is 9.65. The minimum Gasteiger partial charge on any atom is -0.365 e. The van der Waals surface area contributed by atoms with Crippen LogP contribution in [0.1, 0.15) is 23.2 Å². The summed E-state index contributed by atoms with van der Waals surface area (Å²) in [6.45, 7) is 2.16. The molecule has 1 fully saturated rings. The van der Waals surface area contributed by atoms with Crippen LogP contribution in [-0.4, -0.2) is 61.6 Å². The molecule has 0 radical (unpaired) electrons. The molecule has 0 bridgehead atoms. The lowest BCUT2D eigenvalue weighted by molar-refractivity contribution is 0.100. The Labute approximate surface area is 166 Å². The fourth-order valence-corrected chi connectivity index (χ4v) is 3.89. The number of hydrogen-bond acceptors (Lipinski definition) is 6. The normalized spacial score (nSPS) is 15.9. The van der Waals surface area contributed by atoms with Crippen molar-refractivity contribution < 1.29 is 4.79 Å². The Morgan fingerprint density at radius 1 is 1.31 bits per heavy atom. The van der Waals surface area contributed by atoms with E-state index in [1.165, 1.54) is 6.20 Å². The largest absolute Gasteiger partial charge is 0.365 e. The van der Waals surface area contributed by atoms with Gasteiger partial charge in [-0.25, -0.2) is 9.50 Å². The number of H-pyrrole nitrogens is 1. The molecular weight excluding hydrogens is 368 g/mol. The minimum absolute atomic E-state index is 0.396. The fourth-order valence-electron chi connectivity index (χ4n) is 3.89. The number of piperidine rings is 1. The summed E-state index contributed by atoms with van der Waals surface area (Å²) in [5, 5.41) is 8.54. The third-order valence-corrected chi connectivity index (χ3v) is 5.58. The predicted molar refractivity (Wildman–Crippen MR) is 111 cm³/mol. The fraction of sp³-hybridized carbons (Fsp3) is 0.300. The van der Waals surface area contributed by atoms with Crippen LogP contribution in [0.3, 0.4) is 0 Å². The van der Waals surface area contributed by atoms with E-state index in [1.54, 1.807) is 4.52 Å². The first-order chi connectivity index (χ1) is 14.1. The Bertz CT molecular complexity index is 1200. The molecule has 1 aliphatic rings. The molecule has 5 rings (SSSR count). The average Bonchev–Trinajstić information content (AvgIpc) is 3.33. The van der Waals surface area contributed by atoms with Gasteiger partial charge in [-0.3, -0.25) is 4.79 Å². The van der Waals surface area contributed by atoms with E-state index in [9.17, 15) is 4.79 Å². The third kappa shape index (κ3) is 3.19. The summed E-state index contributed by atoms with van der Waals surface area (Å²) in [4.78, 5) is 26.4. The maximum absolute atomic E-state index is 11.6. The van der Waals surface area contributed by atoms with Crippen molar-refractivity contribution in [2.75, 3.05) is 25.5 Å². The molecule has 4 N–H and O–H groups in total. The maximum atomic E-state index is 11.6. The van der Waals surface area contributed by atoms with Gasteiger partial charge in [-0.2, -0.15) is 10.1 Å². The van der Waals surface area contributed by atoms with Gasteiger partial charge in [0, 0.05) is 35.6 Å². The number of hydrogen-bond donors (Lipinski definition) is 3. The number of amides is 1. The van der Waals surface area contributed by atoms with Gasteiger partial charge in [0.15, 0.2) is 0 Å². The second-order valence-electron chi connectivity index (χ2n) is 7.55. The highest BCUT2D eigenvalue weighted by atomic mass is 16.1. The molecule has 1 amide bonds. The van der Waals surface area contributed by atoms with Crippen molar-refractivity contribution in [3.63, 3.8) is 0 Å². The van der Waals surface area contributed by atoms with Gasteiger partial charge in [0.05, 0.1) is 17.3 Å². The van der Waals surface area contributed by atoms with Gasteiger partial charge in [0.25, 0.3) is 5.91 Å². The van der Waals surface area contributed by atoms with Gasteiger partial charge in [-0.15, -0.1) is 0 Å². The van der Waals surface area contributed by atoms with Crippen molar-refractivity contribution in [1.29, 1.82) is 0 Å². The number of fused-ring (bicyclic) bond motifs is 2. The number of pyridine rings is 1. The molecule has 4 aromatic rings. The summed E-state index contributed by atoms with van der Waals surface area (Å²) in [7, 11) is 2.15. The van der Waals surface area contributed by atoms with Crippen molar-refractivity contribution in [3.05, 3.63) is 42.5 Å². The first kappa shape index (κ1) is 17.6. The van der Waals surface area contributed by atoms with Crippen LogP contribution in [0.2, 0.25) is 0 Å². The predicted octanol–water partition coefficient (Wildman–Crippen LogP) is 1.88. The maximum Gasteiger partial charge on any atom is 0.252 e. The SMILES string of the molecule is CN1CCC(Nc2ncc3c(-c4ccn5ncc(C(N)=O)c5c4)c[nH]c3n2)CC1. The molecule has 9 heteroatoms. The molecule has 0 saturated carbocycles. The molecule has 4 aromatic heterocycles. The summed E-state index contributed by atoms with van der Waals surface area (Å²) >= 11 is 0. The molecule has 9 nitrogen and oxygen atoms in total. The number of carbonyl (C=O) groups is 1. The Kier molecular flexibility index (Phi) is 4.17. The average molecular weight is 390 g/mol. The van der Waals surface area contributed by atoms with Crippen molar-refractivity contribution >= 4 is 28.4 Å². The van der Waals surface area contributed by atoms with E-state index in [0.29, 0.717) is 23.1 Å². The Balaban J connectivity index is 1.46. The minimum atomic E-state index is -0.496. The van der Waals surface area contributed by atoms with E-state index >= 15 is 0 Å². The molecule has 0 aromatic carbocycles. The van der Waals surface area contributed by atoms with Crippen LogP contribution in [-0.2, 0) is 0 Å². The van der Waals surface area contributed by atoms with Gasteiger partial charge < -0.3 is 20.9 Å². The molecule has 0 aliphatic carbocycles. The molecule has 0 spiro atoms. The van der Waals surface area contributed by atoms with Crippen LogP contribution in [0.5, 0.6) is 0 Å². The van der Waals surface area contributed by atoms with Crippen molar-refractivity contribution in [2.45, 2.75) is 18.9 Å². The topological polar surface area (TPSA) is 117 Å². The second kappa shape index (κ2) is 6.85. The van der Waals surface area contributed by atoms with E-state index in [4.69, 9.17) is 5.73 Å². The molecule has 1 saturated heterocycles. The summed E-state index contributed by atoms with van der Waals surface area (Å²) < 4.78 is 1.64. The highest BCUT2D eigenvalue weighted by Crippen LogP contribution is 2.29. The van der Waals surface area contributed by atoms with E-state index in [-0.39, 0.29) is 0 Å². The molecule has 29 heavy (non-hydrogen) atoms. The summed E-state index contributed by atoms with van der Waals surface area (Å²) in [5.41, 5.74) is 9.20. The van der Waals surface area contributed by atoms with Crippen LogP contribution in [0.25, 0.3) is 27.7 Å². The van der Waals surface area contributed by atoms with Gasteiger partial charge in [-0.1, -0.05) is 0 Å². The first-order valence-corrected chi connectivity index (χ1v) is 9.65. The Hall–Kier alpha value is -3.46. The number of primary amides is 1. The number of likely N-dealkylation sites (tertiary alicyclic amines) is 1. The van der Waals surface area contributed by atoms with Gasteiger partial charge in [-0.05, 0) is 50.7 Å². The highest BCUT2D eigenvalue weighted by molar-refractivity contribution is 6.01. The van der Waals surface area contributed by atoms with Crippen molar-refractivity contribution in [2.24, 2.45) is 5.73 Å². The van der Waals surface area contributed by atoms with Crippen molar-refractivity contribution in [3.8, 4) is 11.1 Å². The standard InChI is InChI=1S/C20H22N8O/c1-27-5-3-13(4-6-27)25-20-23-10-15-14(9-22-19(15)26-20)12-2-7-28-17(8-12)16(11-24-28)18(21)29/h2,7-11,13H,3-6H2,1H3,(H2,21,29)(H2,22,23,25,26). The van der Waals surface area contributed by atoms with Crippen LogP contribution < -0.4 is 11.1 Å². The smallest absolute Gasteiger partial charge is 0.252 e. The number of nitrogens with zero attached hydrogens (tertiary/aromatic N) is 5. The third-order valence-electron chi connectivity index (χ3n) is 5.58. The Morgan fingerprint density at radius 2 is 2.14 bits per heavy atom. The van der Waals surface area contributed by atoms with Crippen LogP contribution >= 0.6 is 0 Å². The lowest BCUT2D eigenvalue weighted by Gasteiger charge is -2.29. The van der Waals surface area contributed by atoms with E-state index < -0.39 is 5.91 Å². The number of aromatic nitrogens is 5. The number of carbonyl (C=O) groups excluding carboxylic acids is 1. The van der Waals surface area contributed by atoms with Gasteiger partial charge >= 0.3 is 0 Å². The van der Waals surface area contributed by atoms with E-state index in [1.807, 2.05) is 30.7 Å². The zero-order valence-electron chi connectivity index (χ0n) is 16.1. The molecular formula is C20H22N8O. The quantitative estimate of drug-likeness (QED) is 0.490. The summed E-state index contributed by atoms with van der Waals surface area (Å²) in [6, 6.07) is 4.24. The monoisotopic (exact) mass is 390 g/mol. The molecule has 5 heterocycles. The van der Waals surface area contributed by atoms with Crippen molar-refractivity contribution in [1.82, 2.24) is 29.5 Å². The molecule has 148 valence electrons. The molecule has 0 atom stereocenters. The zero-order chi connectivity index (χ0) is 20.0. The van der Waals surface area contributed by atoms with Gasteiger partial charge in [0.1, 0.15) is 5.65 Å². The summed E-state index contributed by atoms with van der Waals surface area (Å²) in [6.07, 6.45) is 9.21. The number of anilines is 1. The second-order valence-corrected chi connectivity index (χ2v) is 7.55. The lowest BCUT2D eigenvalue weighted by Crippen LogP contribution is -2.37. The number of aromatic amines is 1. The van der Waals surface area contributed by atoms with E-state index in [2.05, 4.69) is 37.3 Å². The highest BCUT2D eigenvalue weighted by Gasteiger charge is 2.18. The lowest BCUT2D eigenvalue weighted by atomic mass is 10.1. The number of nitrogens with one attached hydrogen (secondary N) is 2. The molecule has 0 unspecified atom stereocenters. The van der Waals surface area contributed by atoms with Crippen LogP contribution in [0, 0.1) is 0 Å². The van der Waals surface area contributed by atoms with Crippen LogP contribution in [0.15, 0.2) is 36.9 Å². The van der Waals surface area contributed by atoms with Gasteiger partial charge in [0.2, 0.25) is 5.95 Å². The Morgan fingerprint density at radius 3 is 2.93 bits per heavy atom. The zero-order valence-corrected chi connectivity index (χ0v) is 16.1. The summed E-state index contributed by atoms with van der Waals surface area (Å²) in [5.74, 6) is 0.145. The van der Waals surface area contributed by atoms with Crippen LogP contribution in [0.4, 0.5) is 5.95 Å².